The summed E-state index contributed by atoms with van der Waals surface area (Å²) in [5.74, 6) is 0.0195. The fourth-order valence-corrected chi connectivity index (χ4v) is 7.05. The first-order valence-electron chi connectivity index (χ1n) is 6.79. The smallest absolute Gasteiger partial charge is 0.229 e. The molecule has 1 aliphatic carbocycles. The van der Waals surface area contributed by atoms with Crippen LogP contribution in [-0.2, 0) is 19.9 Å². The van der Waals surface area contributed by atoms with Crippen LogP contribution < -0.4 is 0 Å². The monoisotopic (exact) mass is 393 g/mol. The van der Waals surface area contributed by atoms with E-state index < -0.39 is 25.9 Å². The lowest BCUT2D eigenvalue weighted by atomic mass is 10.2. The Morgan fingerprint density at radius 3 is 2.38 bits per heavy atom. The third-order valence-electron chi connectivity index (χ3n) is 3.85. The zero-order valence-electron chi connectivity index (χ0n) is 11.3. The first-order valence-corrected chi connectivity index (χ1v) is 10.8. The number of hydrogen-bond acceptors (Lipinski definition) is 4. The van der Waals surface area contributed by atoms with Gasteiger partial charge in [0.25, 0.3) is 0 Å². The third-order valence-corrected chi connectivity index (χ3v) is 8.09. The number of nitrogens with zero attached hydrogens (tertiary/aromatic N) is 1. The molecule has 0 aromatic heterocycles. The first-order chi connectivity index (χ1) is 9.79. The Kier molecular flexibility index (Phi) is 3.92. The number of benzene rings is 1. The Labute approximate surface area is 133 Å². The van der Waals surface area contributed by atoms with Crippen LogP contribution in [-0.4, -0.2) is 44.7 Å². The summed E-state index contributed by atoms with van der Waals surface area (Å²) in [6.07, 6.45) is 2.01. The van der Waals surface area contributed by atoms with Crippen molar-refractivity contribution in [3.63, 3.8) is 0 Å². The van der Waals surface area contributed by atoms with Crippen LogP contribution >= 0.6 is 15.9 Å². The number of hydrogen-bond donors (Lipinski definition) is 0. The van der Waals surface area contributed by atoms with Crippen molar-refractivity contribution in [2.75, 3.05) is 11.5 Å². The summed E-state index contributed by atoms with van der Waals surface area (Å²) in [5.41, 5.74) is 0. The van der Waals surface area contributed by atoms with Crippen LogP contribution in [0.3, 0.4) is 0 Å². The molecule has 0 spiro atoms. The molecule has 0 radical (unpaired) electrons. The average molecular weight is 394 g/mol. The first kappa shape index (κ1) is 15.5. The molecule has 1 heterocycles. The number of sulfone groups is 1. The molecule has 1 aromatic rings. The minimum absolute atomic E-state index is 0.0488. The second-order valence-corrected chi connectivity index (χ2v) is 10.6. The van der Waals surface area contributed by atoms with Crippen molar-refractivity contribution in [3.8, 4) is 0 Å². The Bertz CT molecular complexity index is 756. The van der Waals surface area contributed by atoms with Gasteiger partial charge in [0.15, 0.2) is 9.84 Å². The standard InChI is InChI=1S/C13H16BrNO4S2/c14-10-2-1-3-13(8-10)21(18,19)15(11-4-5-11)12-6-7-20(16,17)9-12/h1-3,8,11-12H,4-7,9H2. The van der Waals surface area contributed by atoms with Crippen molar-refractivity contribution >= 4 is 35.8 Å². The highest BCUT2D eigenvalue weighted by Crippen LogP contribution is 2.37. The maximum atomic E-state index is 12.9. The fraction of sp³-hybridized carbons (Fsp3) is 0.538. The summed E-state index contributed by atoms with van der Waals surface area (Å²) in [6.45, 7) is 0. The SMILES string of the molecule is O=S1(=O)CCC(N(C2CC2)S(=O)(=O)c2cccc(Br)c2)C1. The van der Waals surface area contributed by atoms with Gasteiger partial charge in [0.05, 0.1) is 16.4 Å². The Balaban J connectivity index is 1.98. The summed E-state index contributed by atoms with van der Waals surface area (Å²) >= 11 is 3.28. The number of halogens is 1. The second kappa shape index (κ2) is 5.33. The summed E-state index contributed by atoms with van der Waals surface area (Å²) in [7, 11) is -6.77. The number of rotatable bonds is 4. The molecule has 1 atom stereocenters. The van der Waals surface area contributed by atoms with E-state index >= 15 is 0 Å². The van der Waals surface area contributed by atoms with Crippen molar-refractivity contribution < 1.29 is 16.8 Å². The molecule has 2 fully saturated rings. The van der Waals surface area contributed by atoms with Crippen LogP contribution in [0.4, 0.5) is 0 Å². The molecule has 1 aromatic carbocycles. The molecule has 3 rings (SSSR count). The van der Waals surface area contributed by atoms with Gasteiger partial charge in [-0.2, -0.15) is 4.31 Å². The molecule has 0 amide bonds. The van der Waals surface area contributed by atoms with E-state index in [9.17, 15) is 16.8 Å². The Hall–Kier alpha value is -0.440. The average Bonchev–Trinajstić information content (AvgIpc) is 3.14. The molecule has 0 bridgehead atoms. The molecule has 5 nitrogen and oxygen atoms in total. The summed E-state index contributed by atoms with van der Waals surface area (Å²) in [4.78, 5) is 0.216. The Morgan fingerprint density at radius 2 is 1.86 bits per heavy atom. The highest BCUT2D eigenvalue weighted by Gasteiger charge is 2.46. The van der Waals surface area contributed by atoms with Crippen molar-refractivity contribution in [2.45, 2.75) is 36.2 Å². The van der Waals surface area contributed by atoms with Crippen LogP contribution in [0.2, 0.25) is 0 Å². The van der Waals surface area contributed by atoms with E-state index in [-0.39, 0.29) is 22.4 Å². The maximum Gasteiger partial charge on any atom is 0.243 e. The lowest BCUT2D eigenvalue weighted by Gasteiger charge is -2.27. The lowest BCUT2D eigenvalue weighted by Crippen LogP contribution is -2.42. The fourth-order valence-electron chi connectivity index (χ4n) is 2.74. The van der Waals surface area contributed by atoms with Crippen molar-refractivity contribution in [2.24, 2.45) is 0 Å². The van der Waals surface area contributed by atoms with Gasteiger partial charge in [-0.05, 0) is 37.5 Å². The van der Waals surface area contributed by atoms with E-state index in [1.807, 2.05) is 0 Å². The topological polar surface area (TPSA) is 71.5 Å². The van der Waals surface area contributed by atoms with Gasteiger partial charge in [-0.15, -0.1) is 0 Å². The quantitative estimate of drug-likeness (QED) is 0.781. The molecular weight excluding hydrogens is 378 g/mol. The van der Waals surface area contributed by atoms with Crippen LogP contribution in [0.25, 0.3) is 0 Å². The van der Waals surface area contributed by atoms with Crippen molar-refractivity contribution in [3.05, 3.63) is 28.7 Å². The van der Waals surface area contributed by atoms with Gasteiger partial charge >= 0.3 is 0 Å². The zero-order chi connectivity index (χ0) is 15.3. The summed E-state index contributed by atoms with van der Waals surface area (Å²) in [5, 5.41) is 0. The predicted molar refractivity (Wildman–Crippen MR) is 83.2 cm³/mol. The molecule has 0 N–H and O–H groups in total. The van der Waals surface area contributed by atoms with E-state index in [1.54, 1.807) is 24.3 Å². The maximum absolute atomic E-state index is 12.9. The third kappa shape index (κ3) is 3.18. The van der Waals surface area contributed by atoms with E-state index in [1.165, 1.54) is 4.31 Å². The molecule has 1 saturated heterocycles. The lowest BCUT2D eigenvalue weighted by molar-refractivity contribution is 0.332. The van der Waals surface area contributed by atoms with Gasteiger partial charge < -0.3 is 0 Å². The zero-order valence-corrected chi connectivity index (χ0v) is 14.5. The van der Waals surface area contributed by atoms with Gasteiger partial charge in [-0.3, -0.25) is 0 Å². The molecule has 1 aliphatic heterocycles. The van der Waals surface area contributed by atoms with Gasteiger partial charge in [-0.25, -0.2) is 16.8 Å². The van der Waals surface area contributed by atoms with E-state index in [0.29, 0.717) is 10.9 Å². The minimum Gasteiger partial charge on any atom is -0.229 e. The molecule has 1 unspecified atom stereocenters. The van der Waals surface area contributed by atoms with Crippen LogP contribution in [0, 0.1) is 0 Å². The molecular formula is C13H16BrNO4S2. The van der Waals surface area contributed by atoms with Crippen molar-refractivity contribution in [1.29, 1.82) is 0 Å². The molecule has 116 valence electrons. The van der Waals surface area contributed by atoms with Crippen molar-refractivity contribution in [1.82, 2.24) is 4.31 Å². The van der Waals surface area contributed by atoms with Crippen LogP contribution in [0.15, 0.2) is 33.6 Å². The van der Waals surface area contributed by atoms with Crippen LogP contribution in [0.5, 0.6) is 0 Å². The highest BCUT2D eigenvalue weighted by molar-refractivity contribution is 9.10. The number of sulfonamides is 1. The molecule has 1 saturated carbocycles. The second-order valence-electron chi connectivity index (χ2n) is 5.58. The van der Waals surface area contributed by atoms with Gasteiger partial charge in [0.1, 0.15) is 0 Å². The van der Waals surface area contributed by atoms with Gasteiger partial charge in [0.2, 0.25) is 10.0 Å². The van der Waals surface area contributed by atoms with E-state index in [2.05, 4.69) is 15.9 Å². The molecule has 2 aliphatic rings. The van der Waals surface area contributed by atoms with Crippen LogP contribution in [0.1, 0.15) is 19.3 Å². The molecule has 21 heavy (non-hydrogen) atoms. The van der Waals surface area contributed by atoms with E-state index in [4.69, 9.17) is 0 Å². The van der Waals surface area contributed by atoms with Gasteiger partial charge in [-0.1, -0.05) is 22.0 Å². The predicted octanol–water partition coefficient (Wildman–Crippen LogP) is 1.79. The summed E-state index contributed by atoms with van der Waals surface area (Å²) in [6, 6.07) is 6.08. The largest absolute Gasteiger partial charge is 0.243 e. The minimum atomic E-state index is -3.66. The van der Waals surface area contributed by atoms with Gasteiger partial charge in [0, 0.05) is 16.6 Å². The summed E-state index contributed by atoms with van der Waals surface area (Å²) < 4.78 is 51.2. The van der Waals surface area contributed by atoms with E-state index in [0.717, 1.165) is 12.8 Å². The Morgan fingerprint density at radius 1 is 1.14 bits per heavy atom. The normalized spacial score (nSPS) is 25.3. The highest BCUT2D eigenvalue weighted by atomic mass is 79.9. The molecule has 8 heteroatoms.